The third-order valence-electron chi connectivity index (χ3n) is 4.25. The van der Waals surface area contributed by atoms with Crippen LogP contribution in [0.1, 0.15) is 25.9 Å². The van der Waals surface area contributed by atoms with Crippen molar-refractivity contribution in [2.45, 2.75) is 6.92 Å². The number of morpholine rings is 1. The Morgan fingerprint density at radius 1 is 1.21 bits per heavy atom. The van der Waals surface area contributed by atoms with Crippen LogP contribution in [0.4, 0.5) is 5.13 Å². The molecule has 3 aromatic rings. The Kier molecular flexibility index (Phi) is 5.49. The molecule has 0 aliphatic carbocycles. The maximum absolute atomic E-state index is 12.5. The normalized spacial score (nSPS) is 13.9. The molecule has 0 atom stereocenters. The van der Waals surface area contributed by atoms with Gasteiger partial charge in [0.25, 0.3) is 11.8 Å². The predicted molar refractivity (Wildman–Crippen MR) is 105 cm³/mol. The second-order valence-electron chi connectivity index (χ2n) is 6.24. The van der Waals surface area contributed by atoms with Gasteiger partial charge in [-0.3, -0.25) is 25.4 Å². The molecule has 1 aliphatic heterocycles. The van der Waals surface area contributed by atoms with E-state index in [0.29, 0.717) is 35.1 Å². The summed E-state index contributed by atoms with van der Waals surface area (Å²) in [6.07, 6.45) is 3.23. The number of nitrogens with zero attached hydrogens (tertiary/aromatic N) is 4. The van der Waals surface area contributed by atoms with Gasteiger partial charge >= 0.3 is 0 Å². The van der Waals surface area contributed by atoms with Crippen LogP contribution in [-0.4, -0.2) is 53.2 Å². The van der Waals surface area contributed by atoms with E-state index in [1.165, 1.54) is 17.4 Å². The van der Waals surface area contributed by atoms with Crippen LogP contribution >= 0.6 is 11.3 Å². The summed E-state index contributed by atoms with van der Waals surface area (Å²) in [5.74, 6) is -0.625. The van der Waals surface area contributed by atoms with Crippen LogP contribution in [0.2, 0.25) is 0 Å². The number of nitrogens with one attached hydrogen (secondary N) is 2. The number of amides is 2. The minimum Gasteiger partial charge on any atom is -0.378 e. The Morgan fingerprint density at radius 2 is 2.00 bits per heavy atom. The van der Waals surface area contributed by atoms with Gasteiger partial charge in [0.15, 0.2) is 16.6 Å². The van der Waals surface area contributed by atoms with Gasteiger partial charge in [-0.2, -0.15) is 0 Å². The van der Waals surface area contributed by atoms with Crippen molar-refractivity contribution in [1.82, 2.24) is 26.0 Å². The van der Waals surface area contributed by atoms with Crippen LogP contribution in [-0.2, 0) is 4.74 Å². The van der Waals surface area contributed by atoms with Crippen LogP contribution in [0.25, 0.3) is 11.3 Å². The van der Waals surface area contributed by atoms with Crippen molar-refractivity contribution in [2.75, 3.05) is 31.2 Å². The summed E-state index contributed by atoms with van der Waals surface area (Å²) in [5, 5.41) is 4.50. The molecule has 4 rings (SSSR count). The number of aryl methyl sites for hydroxylation is 1. The first-order valence-corrected chi connectivity index (χ1v) is 9.71. The van der Waals surface area contributed by atoms with E-state index >= 15 is 0 Å². The number of hydrazine groups is 1. The minimum atomic E-state index is -0.590. The van der Waals surface area contributed by atoms with E-state index in [4.69, 9.17) is 9.26 Å². The second-order valence-corrected chi connectivity index (χ2v) is 7.21. The second kappa shape index (κ2) is 8.37. The standard InChI is InChI=1S/C18H18N6O4S/c1-11-15(29-18(20-11)24-5-7-27-8-6-24)17(26)22-21-16(25)13-9-14(28-23-13)12-3-2-4-19-10-12/h2-4,9-10H,5-8H2,1H3,(H,21,25)(H,22,26). The van der Waals surface area contributed by atoms with Crippen molar-refractivity contribution >= 4 is 28.3 Å². The van der Waals surface area contributed by atoms with Gasteiger partial charge in [-0.1, -0.05) is 16.5 Å². The molecule has 0 aromatic carbocycles. The minimum absolute atomic E-state index is 0.0409. The van der Waals surface area contributed by atoms with E-state index in [9.17, 15) is 9.59 Å². The van der Waals surface area contributed by atoms with Gasteiger partial charge in [0.1, 0.15) is 4.88 Å². The molecule has 10 nitrogen and oxygen atoms in total. The lowest BCUT2D eigenvalue weighted by Gasteiger charge is -2.25. The Morgan fingerprint density at radius 3 is 2.76 bits per heavy atom. The van der Waals surface area contributed by atoms with E-state index < -0.39 is 11.8 Å². The Hall–Kier alpha value is -3.31. The zero-order chi connectivity index (χ0) is 20.2. The van der Waals surface area contributed by atoms with Crippen LogP contribution in [0.3, 0.4) is 0 Å². The number of pyridine rings is 1. The zero-order valence-corrected chi connectivity index (χ0v) is 16.4. The first kappa shape index (κ1) is 19.0. The number of hydrogen-bond acceptors (Lipinski definition) is 9. The highest BCUT2D eigenvalue weighted by atomic mass is 32.1. The molecular formula is C18H18N6O4S. The van der Waals surface area contributed by atoms with Crippen molar-refractivity contribution in [3.8, 4) is 11.3 Å². The third-order valence-corrected chi connectivity index (χ3v) is 5.47. The van der Waals surface area contributed by atoms with Crippen LogP contribution in [0.15, 0.2) is 35.1 Å². The molecule has 11 heteroatoms. The van der Waals surface area contributed by atoms with Gasteiger partial charge in [0, 0.05) is 37.1 Å². The highest BCUT2D eigenvalue weighted by Crippen LogP contribution is 2.26. The maximum Gasteiger partial charge on any atom is 0.291 e. The molecule has 4 heterocycles. The maximum atomic E-state index is 12.5. The van der Waals surface area contributed by atoms with Crippen LogP contribution in [0, 0.1) is 6.92 Å². The number of rotatable bonds is 4. The lowest BCUT2D eigenvalue weighted by Crippen LogP contribution is -2.41. The Labute approximate surface area is 169 Å². The number of anilines is 1. The zero-order valence-electron chi connectivity index (χ0n) is 15.5. The Balaban J connectivity index is 1.38. The lowest BCUT2D eigenvalue weighted by molar-refractivity contribution is 0.0843. The van der Waals surface area contributed by atoms with Crippen molar-refractivity contribution in [1.29, 1.82) is 0 Å². The smallest absolute Gasteiger partial charge is 0.291 e. The fourth-order valence-electron chi connectivity index (χ4n) is 2.74. The first-order valence-electron chi connectivity index (χ1n) is 8.90. The summed E-state index contributed by atoms with van der Waals surface area (Å²) in [6.45, 7) is 4.49. The van der Waals surface area contributed by atoms with E-state index in [-0.39, 0.29) is 5.69 Å². The van der Waals surface area contributed by atoms with Gasteiger partial charge in [-0.05, 0) is 19.1 Å². The van der Waals surface area contributed by atoms with Crippen molar-refractivity contribution in [3.63, 3.8) is 0 Å². The molecule has 3 aromatic heterocycles. The van der Waals surface area contributed by atoms with E-state index in [1.807, 2.05) is 0 Å². The molecule has 0 bridgehead atoms. The summed E-state index contributed by atoms with van der Waals surface area (Å²) in [7, 11) is 0. The molecule has 0 unspecified atom stereocenters. The average Bonchev–Trinajstić information content (AvgIpc) is 3.40. The summed E-state index contributed by atoms with van der Waals surface area (Å²) >= 11 is 1.28. The number of hydrogen-bond donors (Lipinski definition) is 2. The molecule has 150 valence electrons. The summed E-state index contributed by atoms with van der Waals surface area (Å²) in [6, 6.07) is 5.02. The van der Waals surface area contributed by atoms with E-state index in [0.717, 1.165) is 18.2 Å². The fourth-order valence-corrected chi connectivity index (χ4v) is 3.76. The molecule has 1 fully saturated rings. The lowest BCUT2D eigenvalue weighted by atomic mass is 10.2. The van der Waals surface area contributed by atoms with Crippen LogP contribution in [0.5, 0.6) is 0 Å². The van der Waals surface area contributed by atoms with Gasteiger partial charge in [-0.25, -0.2) is 4.98 Å². The number of aromatic nitrogens is 3. The van der Waals surface area contributed by atoms with Gasteiger partial charge in [-0.15, -0.1) is 0 Å². The molecule has 0 spiro atoms. The van der Waals surface area contributed by atoms with E-state index in [1.54, 1.807) is 31.5 Å². The summed E-state index contributed by atoms with van der Waals surface area (Å²) < 4.78 is 10.5. The molecule has 2 N–H and O–H groups in total. The van der Waals surface area contributed by atoms with Gasteiger partial charge < -0.3 is 14.2 Å². The highest BCUT2D eigenvalue weighted by molar-refractivity contribution is 7.17. The largest absolute Gasteiger partial charge is 0.378 e. The molecule has 0 radical (unpaired) electrons. The highest BCUT2D eigenvalue weighted by Gasteiger charge is 2.21. The van der Waals surface area contributed by atoms with Crippen LogP contribution < -0.4 is 15.8 Å². The molecule has 0 saturated carbocycles. The summed E-state index contributed by atoms with van der Waals surface area (Å²) in [4.78, 5) is 35.7. The predicted octanol–water partition coefficient (Wildman–Crippen LogP) is 1.41. The number of carbonyl (C=O) groups is 2. The Bertz CT molecular complexity index is 1010. The number of ether oxygens (including phenoxy) is 1. The quantitative estimate of drug-likeness (QED) is 0.615. The number of thiazole rings is 1. The molecule has 2 amide bonds. The average molecular weight is 414 g/mol. The van der Waals surface area contributed by atoms with Crippen molar-refractivity contribution < 1.29 is 18.8 Å². The molecule has 1 saturated heterocycles. The third kappa shape index (κ3) is 4.25. The molecule has 1 aliphatic rings. The first-order chi connectivity index (χ1) is 14.1. The number of carbonyl (C=O) groups excluding carboxylic acids is 2. The van der Waals surface area contributed by atoms with E-state index in [2.05, 4.69) is 30.9 Å². The fraction of sp³-hybridized carbons (Fsp3) is 0.278. The SMILES string of the molecule is Cc1nc(N2CCOCC2)sc1C(=O)NNC(=O)c1cc(-c2cccnc2)on1. The van der Waals surface area contributed by atoms with Gasteiger partial charge in [0.05, 0.1) is 18.9 Å². The van der Waals surface area contributed by atoms with Crippen molar-refractivity contribution in [3.05, 3.63) is 46.9 Å². The summed E-state index contributed by atoms with van der Waals surface area (Å²) in [5.41, 5.74) is 6.08. The monoisotopic (exact) mass is 414 g/mol. The topological polar surface area (TPSA) is 122 Å². The van der Waals surface area contributed by atoms with Crippen molar-refractivity contribution in [2.24, 2.45) is 0 Å². The molecule has 29 heavy (non-hydrogen) atoms. The van der Waals surface area contributed by atoms with Gasteiger partial charge in [0.2, 0.25) is 0 Å². The molecular weight excluding hydrogens is 396 g/mol.